The van der Waals surface area contributed by atoms with Crippen LogP contribution in [0.3, 0.4) is 0 Å². The number of hydrogen-bond donors (Lipinski definition) is 0. The Labute approximate surface area is 183 Å². The number of hydrogen-bond acceptors (Lipinski definition) is 3. The SMILES string of the molecule is Cc1cc(-n2c(C)cc(C=NN3C(=O)[C@@H]4[C@H](C3=O)[C@H]3C=C[C@H]4C3)c2C)ccc1I. The fraction of sp³-hybridized carbons (Fsp3) is 0.348. The van der Waals surface area contributed by atoms with Crippen molar-refractivity contribution < 1.29 is 9.59 Å². The zero-order valence-electron chi connectivity index (χ0n) is 16.6. The molecule has 2 amide bonds. The molecule has 1 saturated carbocycles. The second kappa shape index (κ2) is 6.65. The van der Waals surface area contributed by atoms with Crippen molar-refractivity contribution in [1.82, 2.24) is 9.58 Å². The van der Waals surface area contributed by atoms with E-state index in [1.165, 1.54) is 9.13 Å². The fourth-order valence-corrected chi connectivity index (χ4v) is 5.54. The zero-order chi connectivity index (χ0) is 20.4. The van der Waals surface area contributed by atoms with Crippen LogP contribution >= 0.6 is 22.6 Å². The smallest absolute Gasteiger partial charge is 0.254 e. The number of allylic oxidation sites excluding steroid dienone is 2. The van der Waals surface area contributed by atoms with E-state index in [9.17, 15) is 9.59 Å². The molecule has 0 spiro atoms. The van der Waals surface area contributed by atoms with Crippen LogP contribution in [0.25, 0.3) is 5.69 Å². The summed E-state index contributed by atoms with van der Waals surface area (Å²) >= 11 is 2.34. The molecule has 1 aliphatic heterocycles. The molecule has 6 heteroatoms. The number of halogens is 1. The molecule has 148 valence electrons. The van der Waals surface area contributed by atoms with Crippen LogP contribution in [0.15, 0.2) is 41.5 Å². The van der Waals surface area contributed by atoms with Gasteiger partial charge in [-0.3, -0.25) is 9.59 Å². The molecule has 2 heterocycles. The predicted molar refractivity (Wildman–Crippen MR) is 120 cm³/mol. The van der Waals surface area contributed by atoms with E-state index in [1.54, 1.807) is 6.21 Å². The minimum Gasteiger partial charge on any atom is -0.318 e. The number of carbonyl (C=O) groups is 2. The Morgan fingerprint density at radius 3 is 2.31 bits per heavy atom. The van der Waals surface area contributed by atoms with Crippen LogP contribution in [-0.4, -0.2) is 27.6 Å². The summed E-state index contributed by atoms with van der Waals surface area (Å²) < 4.78 is 3.41. The van der Waals surface area contributed by atoms with E-state index < -0.39 is 0 Å². The van der Waals surface area contributed by atoms with Gasteiger partial charge in [0.05, 0.1) is 18.1 Å². The molecule has 2 aromatic rings. The van der Waals surface area contributed by atoms with E-state index in [0.717, 1.165) is 34.1 Å². The van der Waals surface area contributed by atoms with Crippen LogP contribution in [0.5, 0.6) is 0 Å². The Kier molecular flexibility index (Phi) is 4.31. The number of benzene rings is 1. The van der Waals surface area contributed by atoms with Gasteiger partial charge in [-0.1, -0.05) is 12.2 Å². The van der Waals surface area contributed by atoms with Gasteiger partial charge in [0.25, 0.3) is 11.8 Å². The molecular weight excluding hydrogens is 477 g/mol. The van der Waals surface area contributed by atoms with Gasteiger partial charge in [0.2, 0.25) is 0 Å². The highest BCUT2D eigenvalue weighted by atomic mass is 127. The van der Waals surface area contributed by atoms with Gasteiger partial charge in [0.15, 0.2) is 0 Å². The second-order valence-electron chi connectivity index (χ2n) is 8.33. The average molecular weight is 499 g/mol. The third kappa shape index (κ3) is 2.75. The topological polar surface area (TPSA) is 54.7 Å². The van der Waals surface area contributed by atoms with Crippen molar-refractivity contribution in [3.05, 3.63) is 62.5 Å². The van der Waals surface area contributed by atoms with E-state index in [1.807, 2.05) is 13.0 Å². The lowest BCUT2D eigenvalue weighted by Crippen LogP contribution is -2.28. The average Bonchev–Trinajstić information content (AvgIpc) is 3.41. The number of aryl methyl sites for hydroxylation is 2. The summed E-state index contributed by atoms with van der Waals surface area (Å²) in [6, 6.07) is 8.43. The van der Waals surface area contributed by atoms with Crippen LogP contribution in [-0.2, 0) is 9.59 Å². The third-order valence-electron chi connectivity index (χ3n) is 6.63. The monoisotopic (exact) mass is 499 g/mol. The summed E-state index contributed by atoms with van der Waals surface area (Å²) in [5.74, 6) is -0.300. The molecular formula is C23H22IN3O2. The van der Waals surface area contributed by atoms with E-state index in [0.29, 0.717) is 0 Å². The normalized spacial score (nSPS) is 27.7. The molecule has 0 radical (unpaired) electrons. The molecule has 1 aromatic carbocycles. The Hall–Kier alpha value is -2.22. The highest BCUT2D eigenvalue weighted by Crippen LogP contribution is 2.52. The van der Waals surface area contributed by atoms with Gasteiger partial charge in [-0.25, -0.2) is 0 Å². The number of imide groups is 1. The zero-order valence-corrected chi connectivity index (χ0v) is 18.8. The molecule has 4 atom stereocenters. The number of rotatable bonds is 3. The summed E-state index contributed by atoms with van der Waals surface area (Å²) in [4.78, 5) is 25.6. The predicted octanol–water partition coefficient (Wildman–Crippen LogP) is 4.15. The first-order valence-electron chi connectivity index (χ1n) is 9.92. The van der Waals surface area contributed by atoms with Crippen LogP contribution in [0.4, 0.5) is 0 Å². The quantitative estimate of drug-likeness (QED) is 0.276. The Bertz CT molecular complexity index is 1080. The number of carbonyl (C=O) groups excluding carboxylic acids is 2. The van der Waals surface area contributed by atoms with Gasteiger partial charge in [-0.15, -0.1) is 0 Å². The number of nitrogens with zero attached hydrogens (tertiary/aromatic N) is 3. The van der Waals surface area contributed by atoms with Crippen LogP contribution in [0, 0.1) is 48.0 Å². The van der Waals surface area contributed by atoms with Gasteiger partial charge >= 0.3 is 0 Å². The minimum absolute atomic E-state index is 0.143. The maximum absolute atomic E-state index is 12.8. The third-order valence-corrected chi connectivity index (χ3v) is 7.84. The molecule has 29 heavy (non-hydrogen) atoms. The van der Waals surface area contributed by atoms with E-state index in [-0.39, 0.29) is 35.5 Å². The van der Waals surface area contributed by atoms with E-state index in [4.69, 9.17) is 0 Å². The molecule has 2 aliphatic carbocycles. The summed E-state index contributed by atoms with van der Waals surface area (Å²) in [6.07, 6.45) is 6.78. The number of fused-ring (bicyclic) bond motifs is 5. The number of aromatic nitrogens is 1. The molecule has 2 bridgehead atoms. The minimum atomic E-state index is -0.211. The highest BCUT2D eigenvalue weighted by molar-refractivity contribution is 14.1. The molecule has 2 fully saturated rings. The van der Waals surface area contributed by atoms with Crippen molar-refractivity contribution in [2.75, 3.05) is 0 Å². The molecule has 5 nitrogen and oxygen atoms in total. The van der Waals surface area contributed by atoms with Crippen molar-refractivity contribution in [3.8, 4) is 5.69 Å². The van der Waals surface area contributed by atoms with Crippen LogP contribution in [0.1, 0.15) is 28.9 Å². The van der Waals surface area contributed by atoms with E-state index >= 15 is 0 Å². The summed E-state index contributed by atoms with van der Waals surface area (Å²) in [6.45, 7) is 6.19. The largest absolute Gasteiger partial charge is 0.318 e. The number of hydrazone groups is 1. The van der Waals surface area contributed by atoms with Gasteiger partial charge in [-0.05, 0) is 91.4 Å². The maximum atomic E-state index is 12.8. The second-order valence-corrected chi connectivity index (χ2v) is 9.49. The van der Waals surface area contributed by atoms with Gasteiger partial charge in [0.1, 0.15) is 0 Å². The van der Waals surface area contributed by atoms with Gasteiger partial charge in [-0.2, -0.15) is 10.1 Å². The first-order chi connectivity index (χ1) is 13.9. The van der Waals surface area contributed by atoms with Crippen molar-refractivity contribution >= 4 is 40.6 Å². The summed E-state index contributed by atoms with van der Waals surface area (Å²) in [5, 5.41) is 5.46. The fourth-order valence-electron chi connectivity index (χ4n) is 5.20. The lowest BCUT2D eigenvalue weighted by atomic mass is 9.85. The molecule has 3 aliphatic rings. The Balaban J connectivity index is 1.44. The van der Waals surface area contributed by atoms with Gasteiger partial charge in [0, 0.05) is 26.2 Å². The standard InChI is InChI=1S/C23H22IN3O2/c1-12-8-18(6-7-19(12)24)26-13(2)9-17(14(26)3)11-25-27-22(28)20-15-4-5-16(10-15)21(20)23(27)29/h4-9,11,15-16,20-21H,10H2,1-3H3/t15-,16-,20-,21+/m0/s1. The number of amides is 2. The van der Waals surface area contributed by atoms with Crippen molar-refractivity contribution in [2.24, 2.45) is 28.8 Å². The summed E-state index contributed by atoms with van der Waals surface area (Å²) in [7, 11) is 0. The van der Waals surface area contributed by atoms with Crippen molar-refractivity contribution in [1.29, 1.82) is 0 Å². The van der Waals surface area contributed by atoms with Crippen molar-refractivity contribution in [3.63, 3.8) is 0 Å². The lowest BCUT2D eigenvalue weighted by molar-refractivity contribution is -0.140. The first kappa shape index (κ1) is 18.8. The lowest BCUT2D eigenvalue weighted by Gasteiger charge is -2.13. The molecule has 5 rings (SSSR count). The molecule has 0 N–H and O–H groups in total. The summed E-state index contributed by atoms with van der Waals surface area (Å²) in [5.41, 5.74) is 5.37. The molecule has 1 saturated heterocycles. The molecule has 0 unspecified atom stereocenters. The molecule has 1 aromatic heterocycles. The Morgan fingerprint density at radius 1 is 1.03 bits per heavy atom. The Morgan fingerprint density at radius 2 is 1.69 bits per heavy atom. The first-order valence-corrected chi connectivity index (χ1v) is 11.0. The van der Waals surface area contributed by atoms with Gasteiger partial charge < -0.3 is 4.57 Å². The van der Waals surface area contributed by atoms with Crippen LogP contribution in [0.2, 0.25) is 0 Å². The highest BCUT2D eigenvalue weighted by Gasteiger charge is 2.59. The van der Waals surface area contributed by atoms with Crippen LogP contribution < -0.4 is 0 Å². The van der Waals surface area contributed by atoms with Crippen molar-refractivity contribution in [2.45, 2.75) is 27.2 Å². The maximum Gasteiger partial charge on any atom is 0.254 e. The van der Waals surface area contributed by atoms with E-state index in [2.05, 4.69) is 76.5 Å².